The first-order chi connectivity index (χ1) is 8.18. The van der Waals surface area contributed by atoms with Gasteiger partial charge in [-0.3, -0.25) is 4.79 Å². The Labute approximate surface area is 100 Å². The van der Waals surface area contributed by atoms with E-state index in [9.17, 15) is 9.90 Å². The second-order valence-corrected chi connectivity index (χ2v) is 4.39. The first-order valence-electron chi connectivity index (χ1n) is 5.95. The number of aliphatic hydroxyl groups excluding tert-OH is 1. The van der Waals surface area contributed by atoms with Crippen molar-refractivity contribution in [2.75, 3.05) is 0 Å². The van der Waals surface area contributed by atoms with Crippen molar-refractivity contribution in [2.24, 2.45) is 0 Å². The van der Waals surface area contributed by atoms with Gasteiger partial charge in [0.15, 0.2) is 0 Å². The van der Waals surface area contributed by atoms with Crippen LogP contribution in [0.5, 0.6) is 0 Å². The Kier molecular flexibility index (Phi) is 3.59. The molecule has 1 unspecified atom stereocenters. The SMILES string of the molecule is CC(O)CCCn1ccc2ccccc2c1=O. The molecule has 0 amide bonds. The van der Waals surface area contributed by atoms with Crippen LogP contribution in [0.1, 0.15) is 19.8 Å². The molecule has 0 saturated heterocycles. The molecule has 90 valence electrons. The lowest BCUT2D eigenvalue weighted by Gasteiger charge is -2.08. The highest BCUT2D eigenvalue weighted by Crippen LogP contribution is 2.08. The fourth-order valence-electron chi connectivity index (χ4n) is 1.96. The molecule has 0 radical (unpaired) electrons. The predicted molar refractivity (Wildman–Crippen MR) is 69.1 cm³/mol. The van der Waals surface area contributed by atoms with Crippen molar-refractivity contribution in [1.29, 1.82) is 0 Å². The summed E-state index contributed by atoms with van der Waals surface area (Å²) < 4.78 is 1.71. The van der Waals surface area contributed by atoms with Crippen LogP contribution < -0.4 is 5.56 Å². The molecule has 1 aromatic heterocycles. The average Bonchev–Trinajstić information content (AvgIpc) is 2.32. The number of pyridine rings is 1. The van der Waals surface area contributed by atoms with Gasteiger partial charge in [-0.2, -0.15) is 0 Å². The molecule has 3 nitrogen and oxygen atoms in total. The number of aromatic nitrogens is 1. The van der Waals surface area contributed by atoms with Crippen LogP contribution in [0.25, 0.3) is 10.8 Å². The minimum Gasteiger partial charge on any atom is -0.393 e. The van der Waals surface area contributed by atoms with E-state index in [2.05, 4.69) is 0 Å². The highest BCUT2D eigenvalue weighted by molar-refractivity contribution is 5.81. The van der Waals surface area contributed by atoms with Gasteiger partial charge < -0.3 is 9.67 Å². The molecule has 1 N–H and O–H groups in total. The van der Waals surface area contributed by atoms with E-state index in [1.54, 1.807) is 11.5 Å². The highest BCUT2D eigenvalue weighted by Gasteiger charge is 2.02. The number of fused-ring (bicyclic) bond motifs is 1. The predicted octanol–water partition coefficient (Wildman–Crippen LogP) is 2.16. The third-order valence-electron chi connectivity index (χ3n) is 2.91. The number of nitrogens with zero attached hydrogens (tertiary/aromatic N) is 1. The minimum atomic E-state index is -0.300. The molecular weight excluding hydrogens is 214 g/mol. The molecule has 1 aromatic carbocycles. The molecule has 17 heavy (non-hydrogen) atoms. The molecule has 0 saturated carbocycles. The van der Waals surface area contributed by atoms with Crippen molar-refractivity contribution in [1.82, 2.24) is 4.57 Å². The number of aliphatic hydroxyl groups is 1. The second kappa shape index (κ2) is 5.15. The van der Waals surface area contributed by atoms with E-state index in [-0.39, 0.29) is 11.7 Å². The Hall–Kier alpha value is -1.61. The fourth-order valence-corrected chi connectivity index (χ4v) is 1.96. The maximum Gasteiger partial charge on any atom is 0.258 e. The summed E-state index contributed by atoms with van der Waals surface area (Å²) in [6.07, 6.45) is 3.06. The lowest BCUT2D eigenvalue weighted by molar-refractivity contribution is 0.179. The summed E-state index contributed by atoms with van der Waals surface area (Å²) in [4.78, 5) is 12.1. The molecule has 0 aliphatic rings. The van der Waals surface area contributed by atoms with E-state index < -0.39 is 0 Å². The van der Waals surface area contributed by atoms with Crippen LogP contribution in [-0.2, 0) is 6.54 Å². The standard InChI is InChI=1S/C14H17NO2/c1-11(16)5-4-9-15-10-8-12-6-2-3-7-13(12)14(15)17/h2-3,6-8,10-11,16H,4-5,9H2,1H3. The molecule has 0 bridgehead atoms. The van der Waals surface area contributed by atoms with Crippen molar-refractivity contribution in [3.05, 3.63) is 46.9 Å². The van der Waals surface area contributed by atoms with Crippen molar-refractivity contribution < 1.29 is 5.11 Å². The van der Waals surface area contributed by atoms with Crippen LogP contribution in [-0.4, -0.2) is 15.8 Å². The van der Waals surface area contributed by atoms with Gasteiger partial charge in [0, 0.05) is 18.1 Å². The first kappa shape index (κ1) is 11.9. The van der Waals surface area contributed by atoms with Gasteiger partial charge in [0.2, 0.25) is 0 Å². The zero-order chi connectivity index (χ0) is 12.3. The van der Waals surface area contributed by atoms with Crippen molar-refractivity contribution in [3.63, 3.8) is 0 Å². The quantitative estimate of drug-likeness (QED) is 0.876. The van der Waals surface area contributed by atoms with Crippen molar-refractivity contribution in [3.8, 4) is 0 Å². The third kappa shape index (κ3) is 2.74. The van der Waals surface area contributed by atoms with Crippen LogP contribution in [0.4, 0.5) is 0 Å². The van der Waals surface area contributed by atoms with Gasteiger partial charge in [-0.1, -0.05) is 18.2 Å². The number of hydrogen-bond acceptors (Lipinski definition) is 2. The Morgan fingerprint density at radius 3 is 2.82 bits per heavy atom. The molecule has 2 aromatic rings. The third-order valence-corrected chi connectivity index (χ3v) is 2.91. The Bertz CT molecular complexity index is 557. The van der Waals surface area contributed by atoms with E-state index >= 15 is 0 Å². The van der Waals surface area contributed by atoms with Gasteiger partial charge in [-0.15, -0.1) is 0 Å². The molecule has 0 aliphatic heterocycles. The lowest BCUT2D eigenvalue weighted by atomic mass is 10.1. The minimum absolute atomic E-state index is 0.0497. The van der Waals surface area contributed by atoms with E-state index in [1.807, 2.05) is 36.5 Å². The molecule has 0 aliphatic carbocycles. The van der Waals surface area contributed by atoms with Gasteiger partial charge in [0.25, 0.3) is 5.56 Å². The second-order valence-electron chi connectivity index (χ2n) is 4.39. The summed E-state index contributed by atoms with van der Waals surface area (Å²) in [5, 5.41) is 10.9. The van der Waals surface area contributed by atoms with Gasteiger partial charge in [-0.25, -0.2) is 0 Å². The molecular formula is C14H17NO2. The zero-order valence-corrected chi connectivity index (χ0v) is 9.97. The van der Waals surface area contributed by atoms with Crippen molar-refractivity contribution in [2.45, 2.75) is 32.4 Å². The van der Waals surface area contributed by atoms with Gasteiger partial charge in [0.05, 0.1) is 6.10 Å². The smallest absolute Gasteiger partial charge is 0.258 e. The Balaban J connectivity index is 2.24. The normalized spacial score (nSPS) is 12.8. The lowest BCUT2D eigenvalue weighted by Crippen LogP contribution is -2.20. The molecule has 0 fully saturated rings. The maximum absolute atomic E-state index is 12.1. The average molecular weight is 231 g/mol. The summed E-state index contributed by atoms with van der Waals surface area (Å²) >= 11 is 0. The van der Waals surface area contributed by atoms with Crippen LogP contribution in [0.3, 0.4) is 0 Å². The van der Waals surface area contributed by atoms with Crippen LogP contribution in [0.15, 0.2) is 41.3 Å². The summed E-state index contributed by atoms with van der Waals surface area (Å²) in [5.41, 5.74) is 0.0497. The molecule has 2 rings (SSSR count). The number of hydrogen-bond donors (Lipinski definition) is 1. The van der Waals surface area contributed by atoms with Crippen LogP contribution in [0.2, 0.25) is 0 Å². The number of rotatable bonds is 4. The fraction of sp³-hybridized carbons (Fsp3) is 0.357. The van der Waals surface area contributed by atoms with E-state index in [0.717, 1.165) is 23.6 Å². The molecule has 3 heteroatoms. The largest absolute Gasteiger partial charge is 0.393 e. The number of benzene rings is 1. The first-order valence-corrected chi connectivity index (χ1v) is 5.95. The maximum atomic E-state index is 12.1. The van der Waals surface area contributed by atoms with E-state index in [1.165, 1.54) is 0 Å². The van der Waals surface area contributed by atoms with E-state index in [4.69, 9.17) is 0 Å². The van der Waals surface area contributed by atoms with Crippen molar-refractivity contribution >= 4 is 10.8 Å². The van der Waals surface area contributed by atoms with Gasteiger partial charge in [-0.05, 0) is 37.3 Å². The molecule has 0 spiro atoms. The summed E-state index contributed by atoms with van der Waals surface area (Å²) in [6.45, 7) is 2.43. The Morgan fingerprint density at radius 2 is 2.06 bits per heavy atom. The van der Waals surface area contributed by atoms with E-state index in [0.29, 0.717) is 6.54 Å². The summed E-state index contributed by atoms with van der Waals surface area (Å²) in [5.74, 6) is 0. The monoisotopic (exact) mass is 231 g/mol. The number of aryl methyl sites for hydroxylation is 1. The van der Waals surface area contributed by atoms with Crippen LogP contribution >= 0.6 is 0 Å². The van der Waals surface area contributed by atoms with Gasteiger partial charge >= 0.3 is 0 Å². The summed E-state index contributed by atoms with van der Waals surface area (Å²) in [6, 6.07) is 9.56. The molecule has 1 heterocycles. The topological polar surface area (TPSA) is 42.2 Å². The zero-order valence-electron chi connectivity index (χ0n) is 9.97. The Morgan fingerprint density at radius 1 is 1.29 bits per heavy atom. The summed E-state index contributed by atoms with van der Waals surface area (Å²) in [7, 11) is 0. The van der Waals surface area contributed by atoms with Crippen LogP contribution in [0, 0.1) is 0 Å². The highest BCUT2D eigenvalue weighted by atomic mass is 16.3. The van der Waals surface area contributed by atoms with Gasteiger partial charge in [0.1, 0.15) is 0 Å². The molecule has 1 atom stereocenters.